The van der Waals surface area contributed by atoms with E-state index in [0.29, 0.717) is 0 Å². The van der Waals surface area contributed by atoms with Crippen LogP contribution in [0.3, 0.4) is 0 Å². The second-order valence-electron chi connectivity index (χ2n) is 6.91. The molecule has 2 nitrogen and oxygen atoms in total. The van der Waals surface area contributed by atoms with Crippen molar-refractivity contribution in [2.45, 2.75) is 34.6 Å². The summed E-state index contributed by atoms with van der Waals surface area (Å²) in [4.78, 5) is 8.84. The maximum Gasteiger partial charge on any atom is 0.0881 e. The zero-order valence-corrected chi connectivity index (χ0v) is 16.4. The van der Waals surface area contributed by atoms with E-state index in [2.05, 4.69) is 56.4 Å². The molecular weight excluding hydrogens is 304 g/mol. The van der Waals surface area contributed by atoms with Gasteiger partial charge in [-0.25, -0.2) is 0 Å². The van der Waals surface area contributed by atoms with Gasteiger partial charge in [0, 0.05) is 13.2 Å². The van der Waals surface area contributed by atoms with Crippen molar-refractivity contribution >= 4 is 5.71 Å². The minimum Gasteiger partial charge on any atom is -0.286 e. The minimum absolute atomic E-state index is 0.0146. The lowest BCUT2D eigenvalue weighted by molar-refractivity contribution is 0.517. The number of aromatic nitrogens is 1. The van der Waals surface area contributed by atoms with E-state index in [9.17, 15) is 0 Å². The smallest absolute Gasteiger partial charge is 0.0881 e. The summed E-state index contributed by atoms with van der Waals surface area (Å²) in [6.07, 6.45) is 14.1. The normalized spacial score (nSPS) is 14.6. The zero-order chi connectivity index (χ0) is 18.9. The number of pyridine rings is 1. The van der Waals surface area contributed by atoms with Crippen LogP contribution < -0.4 is 0 Å². The summed E-state index contributed by atoms with van der Waals surface area (Å²) in [5.41, 5.74) is 5.07. The Hall–Kier alpha value is -2.48. The average molecular weight is 335 g/mol. The molecule has 0 aromatic carbocycles. The number of hydrogen-bond donors (Lipinski definition) is 0. The second-order valence-corrected chi connectivity index (χ2v) is 6.91. The van der Waals surface area contributed by atoms with Crippen molar-refractivity contribution in [3.8, 4) is 0 Å². The lowest BCUT2D eigenvalue weighted by Gasteiger charge is -2.22. The van der Waals surface area contributed by atoms with Crippen molar-refractivity contribution in [3.05, 3.63) is 89.8 Å². The summed E-state index contributed by atoms with van der Waals surface area (Å²) >= 11 is 0. The Morgan fingerprint density at radius 2 is 1.88 bits per heavy atom. The van der Waals surface area contributed by atoms with Gasteiger partial charge in [0.1, 0.15) is 0 Å². The van der Waals surface area contributed by atoms with E-state index < -0.39 is 0 Å². The summed E-state index contributed by atoms with van der Waals surface area (Å²) in [7, 11) is 1.80. The van der Waals surface area contributed by atoms with Crippen molar-refractivity contribution in [1.82, 2.24) is 4.98 Å². The Morgan fingerprint density at radius 1 is 1.16 bits per heavy atom. The Morgan fingerprint density at radius 3 is 2.40 bits per heavy atom. The van der Waals surface area contributed by atoms with E-state index in [4.69, 9.17) is 0 Å². The molecule has 0 saturated heterocycles. The molecule has 1 rings (SSSR count). The van der Waals surface area contributed by atoms with Crippen molar-refractivity contribution in [2.75, 3.05) is 7.05 Å². The molecule has 0 fully saturated rings. The predicted molar refractivity (Wildman–Crippen MR) is 111 cm³/mol. The summed E-state index contributed by atoms with van der Waals surface area (Å²) in [5.74, 6) is 0. The van der Waals surface area contributed by atoms with Crippen LogP contribution in [0.15, 0.2) is 89.1 Å². The van der Waals surface area contributed by atoms with Crippen LogP contribution in [0, 0.1) is 5.41 Å². The lowest BCUT2D eigenvalue weighted by Crippen LogP contribution is -2.11. The number of nitrogens with zero attached hydrogens (tertiary/aromatic N) is 2. The fraction of sp³-hybridized carbons (Fsp3) is 0.304. The molecule has 1 aromatic heterocycles. The molecule has 0 bridgehead atoms. The standard InChI is InChI=1S/C23H30N2/c1-8-9-10-13-18(2)19(3)16-20(23(4,5)6)17-22(24-7)21-14-11-12-15-25-21/h8-17H,2H2,1,3-7H3/b9-8-,13-10-,19-16+,20-17+,24-22?. The molecule has 2 heteroatoms. The fourth-order valence-corrected chi connectivity index (χ4v) is 2.13. The third-order valence-corrected chi connectivity index (χ3v) is 3.81. The highest BCUT2D eigenvalue weighted by Gasteiger charge is 2.17. The van der Waals surface area contributed by atoms with Crippen molar-refractivity contribution < 1.29 is 0 Å². The molecule has 25 heavy (non-hydrogen) atoms. The van der Waals surface area contributed by atoms with Crippen LogP contribution in [0.4, 0.5) is 0 Å². The quantitative estimate of drug-likeness (QED) is 0.455. The molecule has 0 atom stereocenters. The van der Waals surface area contributed by atoms with Gasteiger partial charge in [-0.1, -0.05) is 63.8 Å². The number of rotatable bonds is 6. The summed E-state index contributed by atoms with van der Waals surface area (Å²) < 4.78 is 0. The monoisotopic (exact) mass is 334 g/mol. The van der Waals surface area contributed by atoms with Gasteiger partial charge in [-0.05, 0) is 54.2 Å². The molecule has 0 aliphatic carbocycles. The SMILES string of the molecule is C=C(/C=C\C=C/C)/C(C)=C/C(=C\C(=NC)c1ccccn1)C(C)(C)C. The molecule has 0 saturated carbocycles. The zero-order valence-electron chi connectivity index (χ0n) is 16.4. The van der Waals surface area contributed by atoms with Gasteiger partial charge in [0.15, 0.2) is 0 Å². The Labute approximate surface area is 153 Å². The Kier molecular flexibility index (Phi) is 8.00. The third kappa shape index (κ3) is 6.88. The van der Waals surface area contributed by atoms with Gasteiger partial charge in [-0.15, -0.1) is 0 Å². The Balaban J connectivity index is 3.26. The number of hydrogen-bond acceptors (Lipinski definition) is 2. The van der Waals surface area contributed by atoms with Crippen LogP contribution in [0.2, 0.25) is 0 Å². The van der Waals surface area contributed by atoms with Gasteiger partial charge >= 0.3 is 0 Å². The maximum atomic E-state index is 4.43. The summed E-state index contributed by atoms with van der Waals surface area (Å²) in [6, 6.07) is 5.87. The largest absolute Gasteiger partial charge is 0.286 e. The van der Waals surface area contributed by atoms with E-state index in [1.165, 1.54) is 5.57 Å². The van der Waals surface area contributed by atoms with Gasteiger partial charge in [0.05, 0.1) is 11.4 Å². The summed E-state index contributed by atoms with van der Waals surface area (Å²) in [6.45, 7) is 14.9. The first-order valence-electron chi connectivity index (χ1n) is 8.57. The molecule has 1 heterocycles. The second kappa shape index (κ2) is 9.73. The van der Waals surface area contributed by atoms with E-state index in [1.54, 1.807) is 13.2 Å². The molecule has 0 N–H and O–H groups in total. The maximum absolute atomic E-state index is 4.43. The molecule has 0 spiro atoms. The van der Waals surface area contributed by atoms with Crippen molar-refractivity contribution in [2.24, 2.45) is 10.4 Å². The molecular formula is C23H30N2. The molecule has 1 aromatic rings. The van der Waals surface area contributed by atoms with E-state index >= 15 is 0 Å². The van der Waals surface area contributed by atoms with Gasteiger partial charge in [-0.3, -0.25) is 9.98 Å². The highest BCUT2D eigenvalue weighted by molar-refractivity contribution is 6.08. The molecule has 0 amide bonds. The fourth-order valence-electron chi connectivity index (χ4n) is 2.13. The van der Waals surface area contributed by atoms with Crippen LogP contribution in [-0.4, -0.2) is 17.7 Å². The lowest BCUT2D eigenvalue weighted by atomic mass is 9.83. The van der Waals surface area contributed by atoms with Crippen molar-refractivity contribution in [1.29, 1.82) is 0 Å². The number of allylic oxidation sites excluding steroid dienone is 9. The Bertz CT molecular complexity index is 721. The van der Waals surface area contributed by atoms with Crippen LogP contribution >= 0.6 is 0 Å². The molecule has 0 unspecified atom stereocenters. The van der Waals surface area contributed by atoms with E-state index in [-0.39, 0.29) is 5.41 Å². The van der Waals surface area contributed by atoms with Crippen LogP contribution in [0.5, 0.6) is 0 Å². The first kappa shape index (κ1) is 20.6. The third-order valence-electron chi connectivity index (χ3n) is 3.81. The molecule has 0 aliphatic rings. The highest BCUT2D eigenvalue weighted by atomic mass is 14.8. The van der Waals surface area contributed by atoms with Crippen LogP contribution in [-0.2, 0) is 0 Å². The first-order chi connectivity index (χ1) is 11.8. The molecule has 0 aliphatic heterocycles. The van der Waals surface area contributed by atoms with Gasteiger partial charge in [-0.2, -0.15) is 0 Å². The van der Waals surface area contributed by atoms with E-state index in [1.807, 2.05) is 49.4 Å². The molecule has 132 valence electrons. The minimum atomic E-state index is -0.0146. The van der Waals surface area contributed by atoms with Gasteiger partial charge in [0.2, 0.25) is 0 Å². The van der Waals surface area contributed by atoms with Crippen LogP contribution in [0.25, 0.3) is 0 Å². The van der Waals surface area contributed by atoms with E-state index in [0.717, 1.165) is 22.6 Å². The van der Waals surface area contributed by atoms with Crippen LogP contribution in [0.1, 0.15) is 40.3 Å². The van der Waals surface area contributed by atoms with Gasteiger partial charge in [0.25, 0.3) is 0 Å². The predicted octanol–water partition coefficient (Wildman–Crippen LogP) is 6.11. The topological polar surface area (TPSA) is 25.2 Å². The first-order valence-corrected chi connectivity index (χ1v) is 8.57. The van der Waals surface area contributed by atoms with Gasteiger partial charge < -0.3 is 0 Å². The highest BCUT2D eigenvalue weighted by Crippen LogP contribution is 2.29. The summed E-state index contributed by atoms with van der Waals surface area (Å²) in [5, 5.41) is 0. The molecule has 0 radical (unpaired) electrons. The number of aliphatic imine (C=N–C) groups is 1. The van der Waals surface area contributed by atoms with Crippen molar-refractivity contribution in [3.63, 3.8) is 0 Å². The average Bonchev–Trinajstić information content (AvgIpc) is 2.58.